The largest absolute Gasteiger partial charge is 0.444 e. The number of nitriles is 1. The monoisotopic (exact) mass is 279 g/mol. The first-order valence-electron chi connectivity index (χ1n) is 6.33. The Kier molecular flexibility index (Phi) is 5.11. The molecule has 20 heavy (non-hydrogen) atoms. The van der Waals surface area contributed by atoms with Crippen LogP contribution in [0.4, 0.5) is 10.6 Å². The van der Waals surface area contributed by atoms with Gasteiger partial charge >= 0.3 is 6.09 Å². The van der Waals surface area contributed by atoms with Crippen molar-refractivity contribution < 1.29 is 9.53 Å². The maximum atomic E-state index is 11.7. The average molecular weight is 279 g/mol. The second kappa shape index (κ2) is 6.39. The number of likely N-dealkylation sites (N-methyl/N-ethyl adjacent to an activating group) is 1. The lowest BCUT2D eigenvalue weighted by molar-refractivity contribution is 0.0635. The highest BCUT2D eigenvalue weighted by Crippen LogP contribution is 2.14. The molecule has 1 aromatic rings. The molecule has 0 aliphatic heterocycles. The van der Waals surface area contributed by atoms with E-state index in [0.717, 1.165) is 6.54 Å². The lowest BCUT2D eigenvalue weighted by Gasteiger charge is -2.19. The fraction of sp³-hybridized carbons (Fsp3) is 0.615. The van der Waals surface area contributed by atoms with Crippen LogP contribution in [0.5, 0.6) is 0 Å². The first-order chi connectivity index (χ1) is 9.21. The van der Waals surface area contributed by atoms with Gasteiger partial charge in [0.2, 0.25) is 0 Å². The van der Waals surface area contributed by atoms with Gasteiger partial charge in [0.25, 0.3) is 0 Å². The molecule has 1 aromatic heterocycles. The zero-order chi connectivity index (χ0) is 15.3. The number of amides is 1. The second-order valence-electron chi connectivity index (χ2n) is 5.70. The number of rotatable bonds is 4. The molecule has 0 aromatic carbocycles. The highest BCUT2D eigenvalue weighted by atomic mass is 16.6. The van der Waals surface area contributed by atoms with Gasteiger partial charge in [-0.1, -0.05) is 0 Å². The van der Waals surface area contributed by atoms with Crippen molar-refractivity contribution in [1.82, 2.24) is 14.7 Å². The molecule has 1 rings (SSSR count). The van der Waals surface area contributed by atoms with Crippen LogP contribution in [0.3, 0.4) is 0 Å². The second-order valence-corrected chi connectivity index (χ2v) is 5.70. The Morgan fingerprint density at radius 1 is 1.55 bits per heavy atom. The van der Waals surface area contributed by atoms with Crippen LogP contribution in [0.25, 0.3) is 0 Å². The predicted molar refractivity (Wildman–Crippen MR) is 75.4 cm³/mol. The van der Waals surface area contributed by atoms with Crippen LogP contribution in [0, 0.1) is 11.3 Å². The lowest BCUT2D eigenvalue weighted by atomic mass is 10.2. The summed E-state index contributed by atoms with van der Waals surface area (Å²) < 4.78 is 6.76. The molecule has 1 amide bonds. The summed E-state index contributed by atoms with van der Waals surface area (Å²) in [5.41, 5.74) is -0.278. The Morgan fingerprint density at radius 3 is 2.70 bits per heavy atom. The van der Waals surface area contributed by atoms with Crippen molar-refractivity contribution in [2.45, 2.75) is 32.9 Å². The molecule has 7 heteroatoms. The van der Waals surface area contributed by atoms with Gasteiger partial charge in [-0.25, -0.2) is 4.79 Å². The zero-order valence-electron chi connectivity index (χ0n) is 12.6. The molecule has 0 fully saturated rings. The van der Waals surface area contributed by atoms with Gasteiger partial charge in [0, 0.05) is 12.7 Å². The van der Waals surface area contributed by atoms with E-state index in [1.165, 1.54) is 0 Å². The van der Waals surface area contributed by atoms with Crippen molar-refractivity contribution in [3.63, 3.8) is 0 Å². The Labute approximate surface area is 119 Å². The lowest BCUT2D eigenvalue weighted by Crippen LogP contribution is -2.27. The van der Waals surface area contributed by atoms with Crippen LogP contribution in [-0.4, -0.2) is 47.0 Å². The maximum absolute atomic E-state index is 11.7. The Bertz CT molecular complexity index is 508. The highest BCUT2D eigenvalue weighted by molar-refractivity contribution is 5.85. The van der Waals surface area contributed by atoms with Gasteiger partial charge < -0.3 is 9.64 Å². The van der Waals surface area contributed by atoms with E-state index < -0.39 is 11.7 Å². The third-order valence-corrected chi connectivity index (χ3v) is 2.28. The number of nitrogens with one attached hydrogen (secondary N) is 1. The number of hydrogen-bond donors (Lipinski definition) is 1. The van der Waals surface area contributed by atoms with Gasteiger partial charge in [0.1, 0.15) is 17.2 Å². The first kappa shape index (κ1) is 16.0. The van der Waals surface area contributed by atoms with Gasteiger partial charge in [-0.15, -0.1) is 0 Å². The minimum absolute atomic E-state index is 0.223. The molecule has 0 bridgehead atoms. The van der Waals surface area contributed by atoms with Gasteiger partial charge in [-0.2, -0.15) is 10.4 Å². The van der Waals surface area contributed by atoms with Crippen molar-refractivity contribution in [3.05, 3.63) is 11.8 Å². The molecule has 0 spiro atoms. The van der Waals surface area contributed by atoms with Gasteiger partial charge in [-0.05, 0) is 34.9 Å². The van der Waals surface area contributed by atoms with Crippen molar-refractivity contribution in [1.29, 1.82) is 5.26 Å². The Morgan fingerprint density at radius 2 is 2.20 bits per heavy atom. The summed E-state index contributed by atoms with van der Waals surface area (Å²) in [7, 11) is 3.91. The number of carbonyl (C=O) groups is 1. The van der Waals surface area contributed by atoms with E-state index in [1.807, 2.05) is 25.1 Å². The fourth-order valence-corrected chi connectivity index (χ4v) is 1.41. The number of carbonyl (C=O) groups excluding carboxylic acids is 1. The summed E-state index contributed by atoms with van der Waals surface area (Å²) in [5.74, 6) is 0.223. The van der Waals surface area contributed by atoms with E-state index in [0.29, 0.717) is 12.1 Å². The summed E-state index contributed by atoms with van der Waals surface area (Å²) in [6, 6.07) is 2.00. The fourth-order valence-electron chi connectivity index (χ4n) is 1.41. The smallest absolute Gasteiger partial charge is 0.413 e. The Balaban J connectivity index is 2.74. The van der Waals surface area contributed by atoms with E-state index in [1.54, 1.807) is 31.6 Å². The molecule has 0 atom stereocenters. The maximum Gasteiger partial charge on any atom is 0.413 e. The number of anilines is 1. The molecule has 0 saturated heterocycles. The van der Waals surface area contributed by atoms with Gasteiger partial charge in [0.15, 0.2) is 5.82 Å². The van der Waals surface area contributed by atoms with Crippen molar-refractivity contribution in [2.75, 3.05) is 26.0 Å². The molecule has 0 unspecified atom stereocenters. The summed E-state index contributed by atoms with van der Waals surface area (Å²) in [6.07, 6.45) is 0.989. The molecule has 0 aliphatic rings. The van der Waals surface area contributed by atoms with E-state index in [2.05, 4.69) is 10.4 Å². The zero-order valence-corrected chi connectivity index (χ0v) is 12.6. The van der Waals surface area contributed by atoms with Crippen LogP contribution in [0.2, 0.25) is 0 Å². The number of ether oxygens (including phenoxy) is 1. The minimum atomic E-state index is -0.619. The van der Waals surface area contributed by atoms with E-state index in [-0.39, 0.29) is 5.82 Å². The Hall–Kier alpha value is -2.07. The average Bonchev–Trinajstić information content (AvgIpc) is 2.66. The molecule has 1 N–H and O–H groups in total. The van der Waals surface area contributed by atoms with Crippen molar-refractivity contribution >= 4 is 11.9 Å². The number of hydrogen-bond acceptors (Lipinski definition) is 5. The standard InChI is InChI=1S/C13H21N5O2/c1-13(2,3)20-12(19)15-11-10(8-14)9-18(16-11)7-6-17(4)5/h9H,6-7H2,1-5H3,(H,15,16,19). The van der Waals surface area contributed by atoms with E-state index >= 15 is 0 Å². The SMILES string of the molecule is CN(C)CCn1cc(C#N)c(NC(=O)OC(C)(C)C)n1. The quantitative estimate of drug-likeness (QED) is 0.906. The third kappa shape index (κ3) is 5.28. The van der Waals surface area contributed by atoms with Crippen molar-refractivity contribution in [3.8, 4) is 6.07 Å². The highest BCUT2D eigenvalue weighted by Gasteiger charge is 2.19. The van der Waals surface area contributed by atoms with Crippen LogP contribution >= 0.6 is 0 Å². The molecule has 0 radical (unpaired) electrons. The van der Waals surface area contributed by atoms with Crippen LogP contribution in [0.15, 0.2) is 6.20 Å². The third-order valence-electron chi connectivity index (χ3n) is 2.28. The summed E-state index contributed by atoms with van der Waals surface area (Å²) >= 11 is 0. The normalized spacial score (nSPS) is 11.2. The van der Waals surface area contributed by atoms with Crippen LogP contribution in [0.1, 0.15) is 26.3 Å². The molecule has 7 nitrogen and oxygen atoms in total. The predicted octanol–water partition coefficient (Wildman–Crippen LogP) is 1.66. The molecular formula is C13H21N5O2. The number of nitrogens with zero attached hydrogens (tertiary/aromatic N) is 4. The summed E-state index contributed by atoms with van der Waals surface area (Å²) in [4.78, 5) is 13.7. The van der Waals surface area contributed by atoms with Crippen LogP contribution in [-0.2, 0) is 11.3 Å². The molecule has 0 aliphatic carbocycles. The topological polar surface area (TPSA) is 83.2 Å². The van der Waals surface area contributed by atoms with E-state index in [9.17, 15) is 4.79 Å². The minimum Gasteiger partial charge on any atom is -0.444 e. The molecule has 0 saturated carbocycles. The first-order valence-corrected chi connectivity index (χ1v) is 6.33. The molecule has 1 heterocycles. The molecule has 110 valence electrons. The summed E-state index contributed by atoms with van der Waals surface area (Å²) in [6.45, 7) is 6.74. The van der Waals surface area contributed by atoms with Crippen LogP contribution < -0.4 is 5.32 Å². The van der Waals surface area contributed by atoms with Crippen molar-refractivity contribution in [2.24, 2.45) is 0 Å². The van der Waals surface area contributed by atoms with E-state index in [4.69, 9.17) is 10.00 Å². The van der Waals surface area contributed by atoms with Gasteiger partial charge in [0.05, 0.1) is 6.54 Å². The number of aromatic nitrogens is 2. The molecular weight excluding hydrogens is 258 g/mol. The summed E-state index contributed by atoms with van der Waals surface area (Å²) in [5, 5.41) is 15.7. The van der Waals surface area contributed by atoms with Gasteiger partial charge in [-0.3, -0.25) is 10.00 Å².